The molecular weight excluding hydrogens is 194 g/mol. The molecule has 0 bridgehead atoms. The zero-order valence-electron chi connectivity index (χ0n) is 5.22. The third-order valence-corrected chi connectivity index (χ3v) is 0.951. The first-order valence-corrected chi connectivity index (χ1v) is 2.72. The van der Waals surface area contributed by atoms with Gasteiger partial charge in [0, 0.05) is 0 Å². The summed E-state index contributed by atoms with van der Waals surface area (Å²) in [6.07, 6.45) is 0. The first kappa shape index (κ1) is 9.74. The van der Waals surface area contributed by atoms with E-state index in [1.807, 2.05) is 0 Å². The predicted octanol–water partition coefficient (Wildman–Crippen LogP) is 1.17. The highest BCUT2D eigenvalue weighted by molar-refractivity contribution is 6.81. The van der Waals surface area contributed by atoms with Crippen LogP contribution in [0.5, 0.6) is 0 Å². The Morgan fingerprint density at radius 2 is 0.667 bits per heavy atom. The molecule has 1 saturated heterocycles. The Morgan fingerprint density at radius 3 is 0.833 bits per heavy atom. The average molecular weight is 194 g/mol. The molecule has 0 aliphatic carbocycles. The third kappa shape index (κ3) is 2.32. The van der Waals surface area contributed by atoms with Crippen LogP contribution < -0.4 is 0 Å². The maximum absolute atomic E-state index is 11.8. The van der Waals surface area contributed by atoms with E-state index in [1.54, 1.807) is 0 Å². The van der Waals surface area contributed by atoms with Gasteiger partial charge in [-0.1, -0.05) is 0 Å². The molecular formula is B3F6O3-3. The van der Waals surface area contributed by atoms with E-state index in [0.717, 1.165) is 0 Å². The van der Waals surface area contributed by atoms with E-state index in [9.17, 15) is 25.9 Å². The van der Waals surface area contributed by atoms with Crippen molar-refractivity contribution >= 4 is 21.3 Å². The lowest BCUT2D eigenvalue weighted by atomic mass is 9.93. The molecule has 0 atom stereocenters. The molecule has 1 aliphatic heterocycles. The van der Waals surface area contributed by atoms with Gasteiger partial charge < -0.3 is 39.6 Å². The van der Waals surface area contributed by atoms with Crippen LogP contribution in [-0.2, 0) is 13.7 Å². The van der Waals surface area contributed by atoms with Crippen LogP contribution in [0.15, 0.2) is 0 Å². The molecule has 12 heteroatoms. The van der Waals surface area contributed by atoms with E-state index >= 15 is 0 Å². The van der Waals surface area contributed by atoms with Gasteiger partial charge in [0.05, 0.1) is 0 Å². The first-order valence-electron chi connectivity index (χ1n) is 2.72. The van der Waals surface area contributed by atoms with Gasteiger partial charge in [-0.15, -0.1) is 0 Å². The minimum Gasteiger partial charge on any atom is -0.666 e. The number of hydrogen-bond donors (Lipinski definition) is 0. The van der Waals surface area contributed by atoms with Crippen LogP contribution in [0, 0.1) is 0 Å². The Bertz CT molecular complexity index is 145. The van der Waals surface area contributed by atoms with Crippen molar-refractivity contribution in [3.8, 4) is 0 Å². The van der Waals surface area contributed by atoms with Crippen LogP contribution in [0.1, 0.15) is 0 Å². The van der Waals surface area contributed by atoms with Crippen LogP contribution >= 0.6 is 0 Å². The van der Waals surface area contributed by atoms with Gasteiger partial charge >= 0.3 is 21.3 Å². The second-order valence-corrected chi connectivity index (χ2v) is 2.01. The van der Waals surface area contributed by atoms with Crippen LogP contribution in [-0.4, -0.2) is 21.3 Å². The Morgan fingerprint density at radius 1 is 0.500 bits per heavy atom. The summed E-state index contributed by atoms with van der Waals surface area (Å²) in [7, 11) is -17.0. The number of rotatable bonds is 0. The summed E-state index contributed by atoms with van der Waals surface area (Å²) in [6, 6.07) is 0. The molecule has 1 fully saturated rings. The Labute approximate surface area is 62.2 Å². The van der Waals surface area contributed by atoms with Gasteiger partial charge in [-0.3, -0.25) is 0 Å². The average Bonchev–Trinajstić information content (AvgIpc) is 1.44. The largest absolute Gasteiger partial charge is 0.666 e. The van der Waals surface area contributed by atoms with Gasteiger partial charge in [-0.25, -0.2) is 0 Å². The molecule has 0 aromatic heterocycles. The topological polar surface area (TPSA) is 27.7 Å². The molecule has 0 N–H and O–H groups in total. The second-order valence-electron chi connectivity index (χ2n) is 2.01. The molecule has 3 nitrogen and oxygen atoms in total. The summed E-state index contributed by atoms with van der Waals surface area (Å²) in [5.41, 5.74) is 0. The lowest BCUT2D eigenvalue weighted by molar-refractivity contribution is 0.0465. The predicted molar refractivity (Wildman–Crippen MR) is 27.2 cm³/mol. The fourth-order valence-electron chi connectivity index (χ4n) is 0.650. The Kier molecular flexibility index (Phi) is 1.89. The van der Waals surface area contributed by atoms with Crippen molar-refractivity contribution in [3.05, 3.63) is 0 Å². The summed E-state index contributed by atoms with van der Waals surface area (Å²) in [6.45, 7) is 0. The van der Waals surface area contributed by atoms with Crippen LogP contribution in [0.25, 0.3) is 0 Å². The van der Waals surface area contributed by atoms with Crippen LogP contribution in [0.4, 0.5) is 25.9 Å². The molecule has 12 heavy (non-hydrogen) atoms. The van der Waals surface area contributed by atoms with Gasteiger partial charge in [-0.05, 0) is 0 Å². The van der Waals surface area contributed by atoms with E-state index in [1.165, 1.54) is 0 Å². The number of halogens is 6. The zero-order valence-corrected chi connectivity index (χ0v) is 5.22. The van der Waals surface area contributed by atoms with Crippen molar-refractivity contribution in [3.63, 3.8) is 0 Å². The van der Waals surface area contributed by atoms with E-state index in [-0.39, 0.29) is 0 Å². The standard InChI is InChI=1S/B3F6O3/c4-1(5)10-2(6,7)12-3(8,9)11-1/q-3. The normalized spacial score (nSPS) is 31.5. The molecule has 0 amide bonds. The highest BCUT2D eigenvalue weighted by atomic mass is 19.3. The highest BCUT2D eigenvalue weighted by Gasteiger charge is 2.49. The van der Waals surface area contributed by atoms with E-state index in [4.69, 9.17) is 0 Å². The van der Waals surface area contributed by atoms with Crippen LogP contribution in [0.3, 0.4) is 0 Å². The quantitative estimate of drug-likeness (QED) is 0.428. The van der Waals surface area contributed by atoms with E-state index < -0.39 is 21.3 Å². The van der Waals surface area contributed by atoms with Gasteiger partial charge in [0.15, 0.2) is 0 Å². The molecule has 1 rings (SSSR count). The molecule has 1 aliphatic rings. The molecule has 0 aromatic rings. The summed E-state index contributed by atoms with van der Waals surface area (Å²) >= 11 is 0. The van der Waals surface area contributed by atoms with Crippen LogP contribution in [0.2, 0.25) is 0 Å². The zero-order chi connectivity index (χ0) is 9.62. The minimum atomic E-state index is -5.66. The molecule has 72 valence electrons. The van der Waals surface area contributed by atoms with Crippen molar-refractivity contribution in [1.29, 1.82) is 0 Å². The van der Waals surface area contributed by atoms with Gasteiger partial charge in [0.25, 0.3) is 0 Å². The third-order valence-electron chi connectivity index (χ3n) is 0.951. The van der Waals surface area contributed by atoms with Gasteiger partial charge in [0.2, 0.25) is 0 Å². The molecule has 1 heterocycles. The maximum atomic E-state index is 11.8. The Hall–Kier alpha value is -0.345. The van der Waals surface area contributed by atoms with Crippen molar-refractivity contribution in [2.75, 3.05) is 0 Å². The molecule has 0 unspecified atom stereocenters. The van der Waals surface area contributed by atoms with Crippen molar-refractivity contribution in [2.24, 2.45) is 0 Å². The maximum Gasteiger partial charge on any atom is 0.526 e. The molecule has 0 aromatic carbocycles. The molecule has 0 saturated carbocycles. The number of hydrogen-bond acceptors (Lipinski definition) is 3. The summed E-state index contributed by atoms with van der Waals surface area (Å²) < 4.78 is 78.5. The molecule has 0 spiro atoms. The summed E-state index contributed by atoms with van der Waals surface area (Å²) in [4.78, 5) is 0. The lowest BCUT2D eigenvalue weighted by Crippen LogP contribution is -2.61. The highest BCUT2D eigenvalue weighted by Crippen LogP contribution is 2.34. The molecule has 0 radical (unpaired) electrons. The second kappa shape index (κ2) is 2.33. The first-order chi connectivity index (χ1) is 5.12. The van der Waals surface area contributed by atoms with Gasteiger partial charge in [-0.2, -0.15) is 0 Å². The van der Waals surface area contributed by atoms with Gasteiger partial charge in [0.1, 0.15) is 0 Å². The summed E-state index contributed by atoms with van der Waals surface area (Å²) in [5.74, 6) is 0. The van der Waals surface area contributed by atoms with Crippen molar-refractivity contribution in [2.45, 2.75) is 0 Å². The Balaban J connectivity index is 2.81. The summed E-state index contributed by atoms with van der Waals surface area (Å²) in [5, 5.41) is 0. The van der Waals surface area contributed by atoms with E-state index in [0.29, 0.717) is 0 Å². The van der Waals surface area contributed by atoms with Crippen molar-refractivity contribution in [1.82, 2.24) is 0 Å². The smallest absolute Gasteiger partial charge is 0.526 e. The van der Waals surface area contributed by atoms with E-state index in [2.05, 4.69) is 13.7 Å². The minimum absolute atomic E-state index is 2.55. The lowest BCUT2D eigenvalue weighted by Gasteiger charge is -2.54. The van der Waals surface area contributed by atoms with Crippen molar-refractivity contribution < 1.29 is 39.6 Å². The monoisotopic (exact) mass is 195 g/mol. The SMILES string of the molecule is F[B-]1(F)O[B-](F)(F)O[B-](F)(F)O1. The fraction of sp³-hybridized carbons (Fsp3) is 0. The fourth-order valence-corrected chi connectivity index (χ4v) is 0.650.